The maximum atomic E-state index is 5.96. The average molecular weight is 365 g/mol. The first-order valence-corrected chi connectivity index (χ1v) is 9.85. The fraction of sp³-hybridized carbons (Fsp3) is 0.273. The molecule has 2 heterocycles. The van der Waals surface area contributed by atoms with Gasteiger partial charge < -0.3 is 14.8 Å². The van der Waals surface area contributed by atoms with Gasteiger partial charge >= 0.3 is 0 Å². The summed E-state index contributed by atoms with van der Waals surface area (Å²) in [7, 11) is 1.70. The van der Waals surface area contributed by atoms with E-state index in [1.54, 1.807) is 7.11 Å². The van der Waals surface area contributed by atoms with Crippen molar-refractivity contribution in [2.45, 2.75) is 25.5 Å². The average Bonchev–Trinajstić information content (AvgIpc) is 3.17. The SMILES string of the molecule is COc1cc(C[C@H]2NCCc3ccsc32)ccc1OCc1ccccc1. The van der Waals surface area contributed by atoms with Gasteiger partial charge in [-0.2, -0.15) is 0 Å². The molecule has 0 spiro atoms. The lowest BCUT2D eigenvalue weighted by Gasteiger charge is -2.24. The van der Waals surface area contributed by atoms with Crippen LogP contribution in [-0.2, 0) is 19.4 Å². The molecule has 4 rings (SSSR count). The highest BCUT2D eigenvalue weighted by molar-refractivity contribution is 7.10. The van der Waals surface area contributed by atoms with Crippen LogP contribution in [0.25, 0.3) is 0 Å². The van der Waals surface area contributed by atoms with Gasteiger partial charge in [-0.25, -0.2) is 0 Å². The fourth-order valence-electron chi connectivity index (χ4n) is 3.43. The van der Waals surface area contributed by atoms with Crippen molar-refractivity contribution in [1.82, 2.24) is 5.32 Å². The van der Waals surface area contributed by atoms with E-state index in [1.807, 2.05) is 35.6 Å². The summed E-state index contributed by atoms with van der Waals surface area (Å²) in [6, 6.07) is 19.1. The number of hydrogen-bond acceptors (Lipinski definition) is 4. The smallest absolute Gasteiger partial charge is 0.161 e. The van der Waals surface area contributed by atoms with Crippen LogP contribution in [0.2, 0.25) is 0 Å². The van der Waals surface area contributed by atoms with Crippen LogP contribution in [0.5, 0.6) is 11.5 Å². The molecule has 3 aromatic rings. The third kappa shape index (κ3) is 3.76. The van der Waals surface area contributed by atoms with E-state index in [0.29, 0.717) is 12.6 Å². The first kappa shape index (κ1) is 17.1. The van der Waals surface area contributed by atoms with Crippen molar-refractivity contribution < 1.29 is 9.47 Å². The second kappa shape index (κ2) is 7.94. The van der Waals surface area contributed by atoms with Gasteiger partial charge in [0, 0.05) is 10.9 Å². The fourth-order valence-corrected chi connectivity index (χ4v) is 4.46. The first-order valence-electron chi connectivity index (χ1n) is 8.97. The third-order valence-corrected chi connectivity index (χ3v) is 5.86. The minimum absolute atomic E-state index is 0.388. The molecule has 0 bridgehead atoms. The quantitative estimate of drug-likeness (QED) is 0.683. The van der Waals surface area contributed by atoms with Gasteiger partial charge in [0.2, 0.25) is 0 Å². The molecule has 0 amide bonds. The number of nitrogens with one attached hydrogen (secondary N) is 1. The van der Waals surface area contributed by atoms with Crippen molar-refractivity contribution in [2.75, 3.05) is 13.7 Å². The summed E-state index contributed by atoms with van der Waals surface area (Å²) in [6.07, 6.45) is 2.09. The van der Waals surface area contributed by atoms with Crippen LogP contribution in [0, 0.1) is 0 Å². The van der Waals surface area contributed by atoms with E-state index >= 15 is 0 Å². The standard InChI is InChI=1S/C22H23NO2S/c1-24-21-14-17(13-19-22-18(9-11-23-19)10-12-26-22)7-8-20(21)25-15-16-5-3-2-4-6-16/h2-8,10,12,14,19,23H,9,11,13,15H2,1H3/t19-/m1/s1. The molecule has 0 saturated carbocycles. The van der Waals surface area contributed by atoms with Crippen LogP contribution < -0.4 is 14.8 Å². The zero-order chi connectivity index (χ0) is 17.8. The molecule has 0 saturated heterocycles. The van der Waals surface area contributed by atoms with E-state index in [0.717, 1.165) is 36.4 Å². The number of rotatable bonds is 6. The summed E-state index contributed by atoms with van der Waals surface area (Å²) in [5.41, 5.74) is 3.90. The van der Waals surface area contributed by atoms with Gasteiger partial charge in [-0.15, -0.1) is 11.3 Å². The molecule has 1 aromatic heterocycles. The summed E-state index contributed by atoms with van der Waals surface area (Å²) >= 11 is 1.85. The predicted molar refractivity (Wildman–Crippen MR) is 106 cm³/mol. The molecule has 2 aromatic carbocycles. The van der Waals surface area contributed by atoms with E-state index in [4.69, 9.17) is 9.47 Å². The Morgan fingerprint density at radius 3 is 2.77 bits per heavy atom. The maximum Gasteiger partial charge on any atom is 0.161 e. The molecule has 134 valence electrons. The molecular weight excluding hydrogens is 342 g/mol. The van der Waals surface area contributed by atoms with Gasteiger partial charge in [-0.1, -0.05) is 36.4 Å². The number of thiophene rings is 1. The topological polar surface area (TPSA) is 30.5 Å². The lowest BCUT2D eigenvalue weighted by molar-refractivity contribution is 0.284. The van der Waals surface area contributed by atoms with Crippen molar-refractivity contribution in [2.24, 2.45) is 0 Å². The summed E-state index contributed by atoms with van der Waals surface area (Å²) in [4.78, 5) is 1.47. The highest BCUT2D eigenvalue weighted by Crippen LogP contribution is 2.34. The van der Waals surface area contributed by atoms with E-state index in [9.17, 15) is 0 Å². The molecule has 0 radical (unpaired) electrons. The number of fused-ring (bicyclic) bond motifs is 1. The molecule has 0 fully saturated rings. The van der Waals surface area contributed by atoms with Crippen LogP contribution in [0.15, 0.2) is 60.0 Å². The molecule has 4 heteroatoms. The summed E-state index contributed by atoms with van der Waals surface area (Å²) in [5.74, 6) is 1.58. The monoisotopic (exact) mass is 365 g/mol. The minimum Gasteiger partial charge on any atom is -0.493 e. The summed E-state index contributed by atoms with van der Waals surface area (Å²) in [5, 5.41) is 5.85. The Morgan fingerprint density at radius 1 is 1.04 bits per heavy atom. The second-order valence-electron chi connectivity index (χ2n) is 6.53. The summed E-state index contributed by atoms with van der Waals surface area (Å²) < 4.78 is 11.5. The molecule has 1 aliphatic heterocycles. The Kier molecular flexibility index (Phi) is 5.23. The minimum atomic E-state index is 0.388. The third-order valence-electron chi connectivity index (χ3n) is 4.79. The maximum absolute atomic E-state index is 5.96. The van der Waals surface area contributed by atoms with Crippen LogP contribution in [0.3, 0.4) is 0 Å². The van der Waals surface area contributed by atoms with Crippen LogP contribution in [-0.4, -0.2) is 13.7 Å². The predicted octanol–water partition coefficient (Wildman–Crippen LogP) is 4.77. The van der Waals surface area contributed by atoms with Crippen molar-refractivity contribution >= 4 is 11.3 Å². The zero-order valence-corrected chi connectivity index (χ0v) is 15.7. The summed E-state index contributed by atoms with van der Waals surface area (Å²) in [6.45, 7) is 1.59. The first-order chi connectivity index (χ1) is 12.8. The van der Waals surface area contributed by atoms with Gasteiger partial charge in [-0.3, -0.25) is 0 Å². The molecule has 3 nitrogen and oxygen atoms in total. The number of hydrogen-bond donors (Lipinski definition) is 1. The molecule has 1 N–H and O–H groups in total. The Hall–Kier alpha value is -2.30. The van der Waals surface area contributed by atoms with E-state index in [-0.39, 0.29) is 0 Å². The van der Waals surface area contributed by atoms with E-state index in [1.165, 1.54) is 16.0 Å². The van der Waals surface area contributed by atoms with Gasteiger partial charge in [-0.05, 0) is 59.7 Å². The van der Waals surface area contributed by atoms with Crippen LogP contribution in [0.1, 0.15) is 27.6 Å². The van der Waals surface area contributed by atoms with Gasteiger partial charge in [0.05, 0.1) is 7.11 Å². The number of methoxy groups -OCH3 is 1. The van der Waals surface area contributed by atoms with Crippen molar-refractivity contribution in [1.29, 1.82) is 0 Å². The van der Waals surface area contributed by atoms with Gasteiger partial charge in [0.1, 0.15) is 6.61 Å². The van der Waals surface area contributed by atoms with E-state index in [2.05, 4.69) is 41.0 Å². The van der Waals surface area contributed by atoms with Gasteiger partial charge in [0.15, 0.2) is 11.5 Å². The van der Waals surface area contributed by atoms with Crippen LogP contribution in [0.4, 0.5) is 0 Å². The zero-order valence-electron chi connectivity index (χ0n) is 14.9. The molecule has 1 aliphatic rings. The van der Waals surface area contributed by atoms with Crippen molar-refractivity contribution in [3.63, 3.8) is 0 Å². The molecule has 0 aliphatic carbocycles. The number of ether oxygens (including phenoxy) is 2. The Labute approximate surface area is 158 Å². The highest BCUT2D eigenvalue weighted by Gasteiger charge is 2.21. The van der Waals surface area contributed by atoms with E-state index < -0.39 is 0 Å². The molecule has 26 heavy (non-hydrogen) atoms. The normalized spacial score (nSPS) is 16.1. The van der Waals surface area contributed by atoms with Crippen molar-refractivity contribution in [3.8, 4) is 11.5 Å². The van der Waals surface area contributed by atoms with Crippen LogP contribution >= 0.6 is 11.3 Å². The Morgan fingerprint density at radius 2 is 1.92 bits per heavy atom. The molecule has 1 atom stereocenters. The molecular formula is C22H23NO2S. The Bertz CT molecular complexity index is 860. The van der Waals surface area contributed by atoms with Crippen molar-refractivity contribution in [3.05, 3.63) is 81.5 Å². The lowest BCUT2D eigenvalue weighted by atomic mass is 9.97. The lowest BCUT2D eigenvalue weighted by Crippen LogP contribution is -2.29. The highest BCUT2D eigenvalue weighted by atomic mass is 32.1. The number of benzene rings is 2. The second-order valence-corrected chi connectivity index (χ2v) is 7.48. The Balaban J connectivity index is 1.47. The van der Waals surface area contributed by atoms with Gasteiger partial charge in [0.25, 0.3) is 0 Å². The largest absolute Gasteiger partial charge is 0.493 e. The molecule has 0 unspecified atom stereocenters.